The standard InChI is InChI=1S/C14H10ClN3O5/c1-8-6-10(17(20)21)3-4-12(8)16-14(19)11-7-9(15)2-5-13(11)18(22)23/h2-7H,1H3,(H,16,19). The number of halogens is 1. The van der Waals surface area contributed by atoms with Gasteiger partial charge in [0.25, 0.3) is 17.3 Å². The lowest BCUT2D eigenvalue weighted by Gasteiger charge is -2.09. The van der Waals surface area contributed by atoms with Crippen LogP contribution in [0.4, 0.5) is 17.1 Å². The Hall–Kier alpha value is -3.00. The van der Waals surface area contributed by atoms with Crippen molar-refractivity contribution in [2.75, 3.05) is 5.32 Å². The average molecular weight is 336 g/mol. The largest absolute Gasteiger partial charge is 0.322 e. The maximum Gasteiger partial charge on any atom is 0.282 e. The summed E-state index contributed by atoms with van der Waals surface area (Å²) in [6.07, 6.45) is 0. The number of hydrogen-bond donors (Lipinski definition) is 1. The van der Waals surface area contributed by atoms with Gasteiger partial charge in [-0.1, -0.05) is 11.6 Å². The number of non-ortho nitro benzene ring substituents is 1. The minimum absolute atomic E-state index is 0.116. The summed E-state index contributed by atoms with van der Waals surface area (Å²) in [7, 11) is 0. The smallest absolute Gasteiger partial charge is 0.282 e. The molecular weight excluding hydrogens is 326 g/mol. The van der Waals surface area contributed by atoms with E-state index in [1.165, 1.54) is 30.3 Å². The Balaban J connectivity index is 2.35. The van der Waals surface area contributed by atoms with Crippen LogP contribution < -0.4 is 5.32 Å². The molecule has 0 aliphatic rings. The zero-order valence-corrected chi connectivity index (χ0v) is 12.5. The van der Waals surface area contributed by atoms with E-state index in [4.69, 9.17) is 11.6 Å². The number of nitrogens with zero attached hydrogens (tertiary/aromatic N) is 2. The Morgan fingerprint density at radius 2 is 1.78 bits per heavy atom. The van der Waals surface area contributed by atoms with Crippen molar-refractivity contribution in [3.05, 3.63) is 72.8 Å². The highest BCUT2D eigenvalue weighted by Crippen LogP contribution is 2.26. The first-order valence-corrected chi connectivity index (χ1v) is 6.67. The second-order valence-corrected chi connectivity index (χ2v) is 5.07. The molecule has 23 heavy (non-hydrogen) atoms. The van der Waals surface area contributed by atoms with E-state index >= 15 is 0 Å². The average Bonchev–Trinajstić information content (AvgIpc) is 2.48. The van der Waals surface area contributed by atoms with Crippen molar-refractivity contribution in [3.8, 4) is 0 Å². The molecule has 0 unspecified atom stereocenters. The normalized spacial score (nSPS) is 10.2. The van der Waals surface area contributed by atoms with Gasteiger partial charge in [0.1, 0.15) is 5.56 Å². The molecule has 2 aromatic carbocycles. The maximum atomic E-state index is 12.3. The summed E-state index contributed by atoms with van der Waals surface area (Å²) < 4.78 is 0. The summed E-state index contributed by atoms with van der Waals surface area (Å²) in [5, 5.41) is 24.3. The number of benzene rings is 2. The number of anilines is 1. The van der Waals surface area contributed by atoms with Gasteiger partial charge in [0, 0.05) is 28.9 Å². The molecule has 0 atom stereocenters. The summed E-state index contributed by atoms with van der Waals surface area (Å²) in [5.74, 6) is -0.726. The summed E-state index contributed by atoms with van der Waals surface area (Å²) in [5.41, 5.74) is 0.0769. The van der Waals surface area contributed by atoms with Gasteiger partial charge in [0.15, 0.2) is 0 Å². The van der Waals surface area contributed by atoms with Crippen molar-refractivity contribution in [2.24, 2.45) is 0 Å². The molecule has 2 aromatic rings. The van der Waals surface area contributed by atoms with Crippen molar-refractivity contribution >= 4 is 34.6 Å². The van der Waals surface area contributed by atoms with Gasteiger partial charge in [-0.2, -0.15) is 0 Å². The quantitative estimate of drug-likeness (QED) is 0.675. The van der Waals surface area contributed by atoms with Crippen LogP contribution >= 0.6 is 11.6 Å². The lowest BCUT2D eigenvalue weighted by atomic mass is 10.1. The van der Waals surface area contributed by atoms with Gasteiger partial charge in [-0.15, -0.1) is 0 Å². The molecule has 1 amide bonds. The third-order valence-corrected chi connectivity index (χ3v) is 3.30. The minimum Gasteiger partial charge on any atom is -0.322 e. The highest BCUT2D eigenvalue weighted by Gasteiger charge is 2.21. The van der Waals surface area contributed by atoms with Crippen LogP contribution in [-0.4, -0.2) is 15.8 Å². The zero-order valence-electron chi connectivity index (χ0n) is 11.8. The molecule has 0 saturated carbocycles. The van der Waals surface area contributed by atoms with Gasteiger partial charge in [0.05, 0.1) is 9.85 Å². The number of rotatable bonds is 4. The molecule has 0 spiro atoms. The van der Waals surface area contributed by atoms with Gasteiger partial charge < -0.3 is 5.32 Å². The Morgan fingerprint density at radius 3 is 2.35 bits per heavy atom. The van der Waals surface area contributed by atoms with Gasteiger partial charge in [-0.25, -0.2) is 0 Å². The highest BCUT2D eigenvalue weighted by molar-refractivity contribution is 6.31. The Morgan fingerprint density at radius 1 is 1.09 bits per heavy atom. The first-order valence-electron chi connectivity index (χ1n) is 6.30. The molecule has 118 valence electrons. The number of nitro groups is 2. The van der Waals surface area contributed by atoms with E-state index < -0.39 is 15.8 Å². The molecular formula is C14H10ClN3O5. The van der Waals surface area contributed by atoms with Crippen molar-refractivity contribution in [3.63, 3.8) is 0 Å². The van der Waals surface area contributed by atoms with E-state index in [-0.39, 0.29) is 22.0 Å². The van der Waals surface area contributed by atoms with Crippen LogP contribution in [-0.2, 0) is 0 Å². The number of aryl methyl sites for hydroxylation is 1. The van der Waals surface area contributed by atoms with E-state index in [2.05, 4.69) is 5.32 Å². The summed E-state index contributed by atoms with van der Waals surface area (Å²) in [6, 6.07) is 7.53. The summed E-state index contributed by atoms with van der Waals surface area (Å²) in [6.45, 7) is 1.58. The second-order valence-electron chi connectivity index (χ2n) is 4.63. The third-order valence-electron chi connectivity index (χ3n) is 3.07. The predicted octanol–water partition coefficient (Wildman–Crippen LogP) is 3.72. The van der Waals surface area contributed by atoms with E-state index in [1.807, 2.05) is 0 Å². The van der Waals surface area contributed by atoms with E-state index in [0.29, 0.717) is 11.3 Å². The van der Waals surface area contributed by atoms with Crippen LogP contribution in [0.15, 0.2) is 36.4 Å². The van der Waals surface area contributed by atoms with Crippen molar-refractivity contribution in [2.45, 2.75) is 6.92 Å². The van der Waals surface area contributed by atoms with E-state index in [9.17, 15) is 25.0 Å². The topological polar surface area (TPSA) is 115 Å². The number of nitrogens with one attached hydrogen (secondary N) is 1. The van der Waals surface area contributed by atoms with Crippen molar-refractivity contribution in [1.29, 1.82) is 0 Å². The molecule has 8 nitrogen and oxygen atoms in total. The van der Waals surface area contributed by atoms with Crippen LogP contribution in [0, 0.1) is 27.2 Å². The van der Waals surface area contributed by atoms with Crippen LogP contribution in [0.5, 0.6) is 0 Å². The summed E-state index contributed by atoms with van der Waals surface area (Å²) >= 11 is 5.78. The lowest BCUT2D eigenvalue weighted by molar-refractivity contribution is -0.385. The fourth-order valence-electron chi connectivity index (χ4n) is 1.94. The lowest BCUT2D eigenvalue weighted by Crippen LogP contribution is -2.14. The molecule has 1 N–H and O–H groups in total. The molecule has 9 heteroatoms. The van der Waals surface area contributed by atoms with Crippen molar-refractivity contribution < 1.29 is 14.6 Å². The first kappa shape index (κ1) is 16.4. The first-order chi connectivity index (χ1) is 10.8. The second kappa shape index (κ2) is 6.41. The molecule has 0 bridgehead atoms. The molecule has 0 saturated heterocycles. The minimum atomic E-state index is -0.726. The molecule has 0 heterocycles. The Bertz CT molecular complexity index is 822. The molecule has 0 radical (unpaired) electrons. The highest BCUT2D eigenvalue weighted by atomic mass is 35.5. The van der Waals surface area contributed by atoms with Crippen molar-refractivity contribution in [1.82, 2.24) is 0 Å². The fraction of sp³-hybridized carbons (Fsp3) is 0.0714. The van der Waals surface area contributed by atoms with Crippen LogP contribution in [0.3, 0.4) is 0 Å². The SMILES string of the molecule is Cc1cc([N+](=O)[O-])ccc1NC(=O)c1cc(Cl)ccc1[N+](=O)[O-]. The Labute approximate surface area is 135 Å². The monoisotopic (exact) mass is 335 g/mol. The molecule has 2 rings (SSSR count). The predicted molar refractivity (Wildman–Crippen MR) is 83.9 cm³/mol. The molecule has 0 fully saturated rings. The van der Waals surface area contributed by atoms with E-state index in [1.54, 1.807) is 6.92 Å². The number of amides is 1. The fourth-order valence-corrected chi connectivity index (χ4v) is 2.11. The van der Waals surface area contributed by atoms with Crippen LogP contribution in [0.1, 0.15) is 15.9 Å². The maximum absolute atomic E-state index is 12.3. The number of nitro benzene ring substituents is 2. The zero-order chi connectivity index (χ0) is 17.1. The summed E-state index contributed by atoms with van der Waals surface area (Å²) in [4.78, 5) is 32.7. The van der Waals surface area contributed by atoms with Crippen LogP contribution in [0.2, 0.25) is 5.02 Å². The number of carbonyl (C=O) groups is 1. The van der Waals surface area contributed by atoms with Gasteiger partial charge in [0.2, 0.25) is 0 Å². The third kappa shape index (κ3) is 3.61. The molecule has 0 aliphatic heterocycles. The van der Waals surface area contributed by atoms with Crippen LogP contribution in [0.25, 0.3) is 0 Å². The molecule has 0 aliphatic carbocycles. The number of hydrogen-bond acceptors (Lipinski definition) is 5. The molecule has 0 aromatic heterocycles. The van der Waals surface area contributed by atoms with Gasteiger partial charge in [-0.3, -0.25) is 25.0 Å². The van der Waals surface area contributed by atoms with Gasteiger partial charge in [-0.05, 0) is 30.7 Å². The Kier molecular flexibility index (Phi) is 4.56. The van der Waals surface area contributed by atoms with Gasteiger partial charge >= 0.3 is 0 Å². The van der Waals surface area contributed by atoms with E-state index in [0.717, 1.165) is 6.07 Å². The number of carbonyl (C=O) groups excluding carboxylic acids is 1.